The molecule has 0 atom stereocenters. The van der Waals surface area contributed by atoms with E-state index < -0.39 is 5.91 Å². The van der Waals surface area contributed by atoms with Gasteiger partial charge < -0.3 is 14.6 Å². The Morgan fingerprint density at radius 3 is 2.52 bits per heavy atom. The highest BCUT2D eigenvalue weighted by atomic mass is 16.5. The Morgan fingerprint density at radius 2 is 1.76 bits per heavy atom. The van der Waals surface area contributed by atoms with Crippen LogP contribution in [0.2, 0.25) is 0 Å². The SMILES string of the molecule is COc1cc(C=NNC(=O)c2cc3ccccc3cc2O)ccc1OCc1cccc(C)c1. The first kappa shape index (κ1) is 21.9. The Bertz CT molecular complexity index is 1330. The summed E-state index contributed by atoms with van der Waals surface area (Å²) in [6, 6.07) is 24.2. The molecule has 1 amide bonds. The van der Waals surface area contributed by atoms with E-state index in [4.69, 9.17) is 9.47 Å². The molecule has 6 heteroatoms. The zero-order chi connectivity index (χ0) is 23.2. The number of rotatable bonds is 7. The molecule has 0 aliphatic carbocycles. The molecule has 0 bridgehead atoms. The predicted molar refractivity (Wildman–Crippen MR) is 129 cm³/mol. The van der Waals surface area contributed by atoms with Gasteiger partial charge in [-0.25, -0.2) is 5.43 Å². The second kappa shape index (κ2) is 9.87. The lowest BCUT2D eigenvalue weighted by Gasteiger charge is -2.11. The summed E-state index contributed by atoms with van der Waals surface area (Å²) in [6.45, 7) is 2.47. The van der Waals surface area contributed by atoms with E-state index in [0.29, 0.717) is 18.1 Å². The number of hydrazone groups is 1. The highest BCUT2D eigenvalue weighted by Gasteiger charge is 2.12. The Morgan fingerprint density at radius 1 is 0.970 bits per heavy atom. The van der Waals surface area contributed by atoms with Crippen LogP contribution >= 0.6 is 0 Å². The van der Waals surface area contributed by atoms with Gasteiger partial charge in [0.25, 0.3) is 5.91 Å². The maximum Gasteiger partial charge on any atom is 0.275 e. The number of methoxy groups -OCH3 is 1. The van der Waals surface area contributed by atoms with Gasteiger partial charge in [-0.05, 0) is 59.2 Å². The zero-order valence-corrected chi connectivity index (χ0v) is 18.4. The fourth-order valence-corrected chi connectivity index (χ4v) is 3.48. The Balaban J connectivity index is 1.42. The van der Waals surface area contributed by atoms with Gasteiger partial charge in [0.1, 0.15) is 12.4 Å². The highest BCUT2D eigenvalue weighted by molar-refractivity contribution is 6.01. The summed E-state index contributed by atoms with van der Waals surface area (Å²) < 4.78 is 11.4. The first-order valence-electron chi connectivity index (χ1n) is 10.4. The fraction of sp³-hybridized carbons (Fsp3) is 0.111. The van der Waals surface area contributed by atoms with E-state index in [1.54, 1.807) is 31.4 Å². The minimum Gasteiger partial charge on any atom is -0.507 e. The van der Waals surface area contributed by atoms with Crippen LogP contribution in [-0.2, 0) is 6.61 Å². The maximum absolute atomic E-state index is 12.5. The van der Waals surface area contributed by atoms with Crippen molar-refractivity contribution in [3.05, 3.63) is 101 Å². The monoisotopic (exact) mass is 440 g/mol. The van der Waals surface area contributed by atoms with Crippen LogP contribution in [0.5, 0.6) is 17.2 Å². The van der Waals surface area contributed by atoms with Crippen LogP contribution in [0, 0.1) is 6.92 Å². The molecule has 0 radical (unpaired) electrons. The number of carbonyl (C=O) groups is 1. The van der Waals surface area contributed by atoms with Crippen molar-refractivity contribution in [2.24, 2.45) is 5.10 Å². The molecule has 0 spiro atoms. The fourth-order valence-electron chi connectivity index (χ4n) is 3.48. The Labute approximate surface area is 192 Å². The normalized spacial score (nSPS) is 11.0. The summed E-state index contributed by atoms with van der Waals surface area (Å²) >= 11 is 0. The average molecular weight is 440 g/mol. The molecule has 33 heavy (non-hydrogen) atoms. The lowest BCUT2D eigenvalue weighted by atomic mass is 10.1. The summed E-state index contributed by atoms with van der Waals surface area (Å²) in [5.41, 5.74) is 5.58. The Hall–Kier alpha value is -4.32. The van der Waals surface area contributed by atoms with Gasteiger partial charge in [0.15, 0.2) is 11.5 Å². The minimum absolute atomic E-state index is 0.0989. The standard InChI is InChI=1S/C27H24N2O4/c1-18-6-5-7-20(12-18)17-33-25-11-10-19(13-26(25)32-2)16-28-29-27(31)23-14-21-8-3-4-9-22(21)15-24(23)30/h3-16,30H,17H2,1-2H3,(H,29,31). The number of nitrogens with zero attached hydrogens (tertiary/aromatic N) is 1. The van der Waals surface area contributed by atoms with Gasteiger partial charge in [-0.15, -0.1) is 0 Å². The molecule has 0 aliphatic heterocycles. The van der Waals surface area contributed by atoms with E-state index in [1.165, 1.54) is 11.8 Å². The third-order valence-electron chi connectivity index (χ3n) is 5.15. The number of nitrogens with one attached hydrogen (secondary N) is 1. The molecule has 0 aliphatic rings. The second-order valence-corrected chi connectivity index (χ2v) is 7.60. The van der Waals surface area contributed by atoms with Crippen LogP contribution in [0.15, 0.2) is 84.0 Å². The number of hydrogen-bond acceptors (Lipinski definition) is 5. The number of ether oxygens (including phenoxy) is 2. The van der Waals surface area contributed by atoms with Crippen molar-refractivity contribution in [1.82, 2.24) is 5.43 Å². The quantitative estimate of drug-likeness (QED) is 0.306. The summed E-state index contributed by atoms with van der Waals surface area (Å²) in [5, 5.41) is 15.9. The lowest BCUT2D eigenvalue weighted by molar-refractivity contribution is 0.0952. The maximum atomic E-state index is 12.5. The molecular weight excluding hydrogens is 416 g/mol. The molecule has 166 valence electrons. The number of hydrogen-bond donors (Lipinski definition) is 2. The molecule has 0 saturated heterocycles. The highest BCUT2D eigenvalue weighted by Crippen LogP contribution is 2.28. The number of aryl methyl sites for hydroxylation is 1. The van der Waals surface area contributed by atoms with Crippen LogP contribution in [0.25, 0.3) is 10.8 Å². The number of aromatic hydroxyl groups is 1. The molecule has 0 saturated carbocycles. The predicted octanol–water partition coefficient (Wildman–Crippen LogP) is 5.21. The van der Waals surface area contributed by atoms with Crippen LogP contribution < -0.4 is 14.9 Å². The first-order valence-corrected chi connectivity index (χ1v) is 10.4. The summed E-state index contributed by atoms with van der Waals surface area (Å²) in [6.07, 6.45) is 1.50. The molecule has 4 aromatic carbocycles. The molecule has 0 aromatic heterocycles. The number of phenolic OH excluding ortho intramolecular Hbond substituents is 1. The van der Waals surface area contributed by atoms with E-state index in [9.17, 15) is 9.90 Å². The van der Waals surface area contributed by atoms with Gasteiger partial charge in [0.2, 0.25) is 0 Å². The molecular formula is C27H24N2O4. The van der Waals surface area contributed by atoms with Crippen LogP contribution in [0.4, 0.5) is 0 Å². The molecule has 4 rings (SSSR count). The van der Waals surface area contributed by atoms with Gasteiger partial charge in [0.05, 0.1) is 18.9 Å². The summed E-state index contributed by atoms with van der Waals surface area (Å²) in [7, 11) is 1.57. The third kappa shape index (κ3) is 5.30. The Kier molecular flexibility index (Phi) is 6.55. The third-order valence-corrected chi connectivity index (χ3v) is 5.15. The van der Waals surface area contributed by atoms with E-state index in [2.05, 4.69) is 16.6 Å². The van der Waals surface area contributed by atoms with Crippen molar-refractivity contribution in [3.63, 3.8) is 0 Å². The van der Waals surface area contributed by atoms with Gasteiger partial charge >= 0.3 is 0 Å². The molecule has 2 N–H and O–H groups in total. The van der Waals surface area contributed by atoms with E-state index >= 15 is 0 Å². The number of benzene rings is 4. The van der Waals surface area contributed by atoms with Gasteiger partial charge in [0, 0.05) is 0 Å². The van der Waals surface area contributed by atoms with Crippen molar-refractivity contribution >= 4 is 22.9 Å². The first-order chi connectivity index (χ1) is 16.0. The van der Waals surface area contributed by atoms with Crippen LogP contribution in [0.1, 0.15) is 27.0 Å². The summed E-state index contributed by atoms with van der Waals surface area (Å²) in [5.74, 6) is 0.573. The van der Waals surface area contributed by atoms with Crippen molar-refractivity contribution < 1.29 is 19.4 Å². The lowest BCUT2D eigenvalue weighted by Crippen LogP contribution is -2.17. The summed E-state index contributed by atoms with van der Waals surface area (Å²) in [4.78, 5) is 12.5. The van der Waals surface area contributed by atoms with Crippen molar-refractivity contribution in [1.29, 1.82) is 0 Å². The molecule has 0 unspecified atom stereocenters. The van der Waals surface area contributed by atoms with E-state index in [-0.39, 0.29) is 11.3 Å². The van der Waals surface area contributed by atoms with E-state index in [1.807, 2.05) is 55.5 Å². The number of phenols is 1. The van der Waals surface area contributed by atoms with Crippen molar-refractivity contribution in [2.45, 2.75) is 13.5 Å². The van der Waals surface area contributed by atoms with Gasteiger partial charge in [-0.3, -0.25) is 4.79 Å². The molecule has 6 nitrogen and oxygen atoms in total. The molecule has 0 fully saturated rings. The number of fused-ring (bicyclic) bond motifs is 1. The van der Waals surface area contributed by atoms with Gasteiger partial charge in [-0.1, -0.05) is 54.1 Å². The number of carbonyl (C=O) groups excluding carboxylic acids is 1. The smallest absolute Gasteiger partial charge is 0.275 e. The molecule has 4 aromatic rings. The largest absolute Gasteiger partial charge is 0.507 e. The number of amides is 1. The molecule has 0 heterocycles. The van der Waals surface area contributed by atoms with Crippen LogP contribution in [0.3, 0.4) is 0 Å². The van der Waals surface area contributed by atoms with Crippen molar-refractivity contribution in [2.75, 3.05) is 7.11 Å². The topological polar surface area (TPSA) is 80.2 Å². The van der Waals surface area contributed by atoms with Crippen molar-refractivity contribution in [3.8, 4) is 17.2 Å². The minimum atomic E-state index is -0.500. The van der Waals surface area contributed by atoms with Crippen LogP contribution in [-0.4, -0.2) is 24.3 Å². The average Bonchev–Trinajstić information content (AvgIpc) is 2.82. The zero-order valence-electron chi connectivity index (χ0n) is 18.4. The van der Waals surface area contributed by atoms with Gasteiger partial charge in [-0.2, -0.15) is 5.10 Å². The van der Waals surface area contributed by atoms with E-state index in [0.717, 1.165) is 21.9 Å². The second-order valence-electron chi connectivity index (χ2n) is 7.60.